The topological polar surface area (TPSA) is 93.2 Å². The molecular weight excluding hydrogens is 312 g/mol. The predicted molar refractivity (Wildman–Crippen MR) is 86.0 cm³/mol. The van der Waals surface area contributed by atoms with Gasteiger partial charge in [0.1, 0.15) is 0 Å². The average molecular weight is 338 g/mol. The van der Waals surface area contributed by atoms with Gasteiger partial charge >= 0.3 is 0 Å². The van der Waals surface area contributed by atoms with E-state index in [2.05, 4.69) is 10.2 Å². The average Bonchev–Trinajstić information content (AvgIpc) is 2.83. The zero-order chi connectivity index (χ0) is 17.5. The number of aliphatic hydroxyl groups excluding tert-OH is 1. The molecule has 2 unspecified atom stereocenters. The fourth-order valence-corrected chi connectivity index (χ4v) is 4.27. The van der Waals surface area contributed by atoms with Crippen molar-refractivity contribution in [2.45, 2.75) is 44.4 Å². The van der Waals surface area contributed by atoms with E-state index in [0.717, 1.165) is 0 Å². The van der Waals surface area contributed by atoms with Gasteiger partial charge in [0.15, 0.2) is 0 Å². The summed E-state index contributed by atoms with van der Waals surface area (Å²) < 4.78 is 0. The van der Waals surface area contributed by atoms with Gasteiger partial charge in [0.25, 0.3) is 0 Å². The van der Waals surface area contributed by atoms with Gasteiger partial charge in [0.2, 0.25) is 17.7 Å². The summed E-state index contributed by atoms with van der Waals surface area (Å²) in [7, 11) is 0. The lowest BCUT2D eigenvalue weighted by Crippen LogP contribution is -2.79. The van der Waals surface area contributed by atoms with Gasteiger partial charge in [-0.15, -0.1) is 0 Å². The van der Waals surface area contributed by atoms with E-state index in [1.54, 1.807) is 11.8 Å². The van der Waals surface area contributed by atoms with E-state index >= 15 is 0 Å². The number of carbonyl (C=O) groups is 3. The lowest BCUT2D eigenvalue weighted by molar-refractivity contribution is -0.160. The van der Waals surface area contributed by atoms with Gasteiger partial charge in [0, 0.05) is 65.6 Å². The van der Waals surface area contributed by atoms with Crippen molar-refractivity contribution in [2.75, 3.05) is 39.3 Å². The van der Waals surface area contributed by atoms with Crippen LogP contribution in [0.2, 0.25) is 0 Å². The molecular formula is C16H26N4O4. The van der Waals surface area contributed by atoms with E-state index in [1.807, 2.05) is 4.90 Å². The van der Waals surface area contributed by atoms with Gasteiger partial charge in [0.05, 0.1) is 11.6 Å². The summed E-state index contributed by atoms with van der Waals surface area (Å²) in [5.41, 5.74) is -0.226. The minimum atomic E-state index is -0.368. The molecule has 8 heteroatoms. The van der Waals surface area contributed by atoms with Gasteiger partial charge in [-0.25, -0.2) is 0 Å². The Morgan fingerprint density at radius 2 is 1.79 bits per heavy atom. The van der Waals surface area contributed by atoms with Crippen LogP contribution in [-0.4, -0.2) is 94.5 Å². The number of fused-ring (bicyclic) bond motifs is 2. The van der Waals surface area contributed by atoms with Crippen molar-refractivity contribution in [1.82, 2.24) is 20.0 Å². The monoisotopic (exact) mass is 338 g/mol. The van der Waals surface area contributed by atoms with Crippen LogP contribution in [0.4, 0.5) is 0 Å². The molecule has 0 aliphatic carbocycles. The van der Waals surface area contributed by atoms with Crippen LogP contribution in [0.5, 0.6) is 0 Å². The third-order valence-corrected chi connectivity index (χ3v) is 5.40. The van der Waals surface area contributed by atoms with Crippen molar-refractivity contribution in [3.8, 4) is 0 Å². The maximum absolute atomic E-state index is 12.5. The Hall–Kier alpha value is -1.67. The number of amides is 3. The molecule has 3 heterocycles. The number of hydrogen-bond acceptors (Lipinski definition) is 5. The Morgan fingerprint density at radius 3 is 2.42 bits per heavy atom. The number of β-amino-alcohol motifs (C(OH)–C–C–N with tert-alkyl or cyclic N) is 1. The molecule has 3 fully saturated rings. The number of aliphatic hydroxyl groups is 1. The Morgan fingerprint density at radius 1 is 1.12 bits per heavy atom. The van der Waals surface area contributed by atoms with Gasteiger partial charge < -0.3 is 20.2 Å². The zero-order valence-corrected chi connectivity index (χ0v) is 14.3. The Kier molecular flexibility index (Phi) is 4.52. The molecule has 0 aromatic rings. The Bertz CT molecular complexity index is 546. The molecule has 0 aromatic heterocycles. The molecule has 3 amide bonds. The molecule has 0 bridgehead atoms. The molecule has 24 heavy (non-hydrogen) atoms. The van der Waals surface area contributed by atoms with Crippen molar-refractivity contribution in [3.63, 3.8) is 0 Å². The van der Waals surface area contributed by atoms with Crippen molar-refractivity contribution in [2.24, 2.45) is 0 Å². The standard InChI is InChI=1S/C16H26N4O4/c1-11(21)17-4-3-15(24)18-6-13-5-14(23)7-20(13)16(8-18)9-19(10-16)12(2)22/h13-14,23H,3-10H2,1-2H3,(H,17,21). The molecule has 3 rings (SSSR count). The number of hydrogen-bond donors (Lipinski definition) is 2. The van der Waals surface area contributed by atoms with Crippen LogP contribution in [0.25, 0.3) is 0 Å². The maximum atomic E-state index is 12.5. The molecule has 0 radical (unpaired) electrons. The Balaban J connectivity index is 1.67. The highest BCUT2D eigenvalue weighted by molar-refractivity contribution is 5.79. The highest BCUT2D eigenvalue weighted by atomic mass is 16.3. The number of rotatable bonds is 3. The van der Waals surface area contributed by atoms with E-state index in [0.29, 0.717) is 45.7 Å². The summed E-state index contributed by atoms with van der Waals surface area (Å²) in [6.45, 7) is 6.36. The molecule has 8 nitrogen and oxygen atoms in total. The van der Waals surface area contributed by atoms with Gasteiger partial charge in [-0.1, -0.05) is 0 Å². The first-order valence-electron chi connectivity index (χ1n) is 8.53. The molecule has 2 atom stereocenters. The third kappa shape index (κ3) is 3.12. The van der Waals surface area contributed by atoms with Crippen LogP contribution in [0.3, 0.4) is 0 Å². The minimum Gasteiger partial charge on any atom is -0.392 e. The summed E-state index contributed by atoms with van der Waals surface area (Å²) in [5.74, 6) is -0.0735. The van der Waals surface area contributed by atoms with Crippen molar-refractivity contribution in [3.05, 3.63) is 0 Å². The second-order valence-corrected chi connectivity index (χ2v) is 7.30. The van der Waals surface area contributed by atoms with Crippen LogP contribution >= 0.6 is 0 Å². The Labute approximate surface area is 141 Å². The van der Waals surface area contributed by atoms with Crippen molar-refractivity contribution >= 4 is 17.7 Å². The molecule has 3 saturated heterocycles. The second kappa shape index (κ2) is 6.33. The summed E-state index contributed by atoms with van der Waals surface area (Å²) in [4.78, 5) is 40.9. The maximum Gasteiger partial charge on any atom is 0.224 e. The van der Waals surface area contributed by atoms with Gasteiger partial charge in [-0.3, -0.25) is 19.3 Å². The highest BCUT2D eigenvalue weighted by Gasteiger charge is 2.57. The van der Waals surface area contributed by atoms with E-state index in [1.165, 1.54) is 6.92 Å². The smallest absolute Gasteiger partial charge is 0.224 e. The molecule has 0 aromatic carbocycles. The number of nitrogens with zero attached hydrogens (tertiary/aromatic N) is 3. The van der Waals surface area contributed by atoms with E-state index in [9.17, 15) is 19.5 Å². The van der Waals surface area contributed by atoms with Crippen molar-refractivity contribution in [1.29, 1.82) is 0 Å². The SMILES string of the molecule is CC(=O)NCCC(=O)N1CC2CC(O)CN2C2(CN(C(C)=O)C2)C1. The van der Waals surface area contributed by atoms with Crippen LogP contribution in [0.1, 0.15) is 26.7 Å². The summed E-state index contributed by atoms with van der Waals surface area (Å²) in [5, 5.41) is 12.7. The molecule has 3 aliphatic rings. The third-order valence-electron chi connectivity index (χ3n) is 5.40. The quantitative estimate of drug-likeness (QED) is 0.646. The van der Waals surface area contributed by atoms with Crippen LogP contribution < -0.4 is 5.32 Å². The minimum absolute atomic E-state index is 0.0189. The van der Waals surface area contributed by atoms with Crippen molar-refractivity contribution < 1.29 is 19.5 Å². The fraction of sp³-hybridized carbons (Fsp3) is 0.812. The number of piperazine rings is 1. The van der Waals surface area contributed by atoms with E-state index < -0.39 is 0 Å². The van der Waals surface area contributed by atoms with E-state index in [-0.39, 0.29) is 41.8 Å². The second-order valence-electron chi connectivity index (χ2n) is 7.30. The highest BCUT2D eigenvalue weighted by Crippen LogP contribution is 2.39. The summed E-state index contributed by atoms with van der Waals surface area (Å²) in [6, 6.07) is 0.146. The fourth-order valence-electron chi connectivity index (χ4n) is 4.27. The predicted octanol–water partition coefficient (Wildman–Crippen LogP) is -1.61. The number of carbonyl (C=O) groups excluding carboxylic acids is 3. The molecule has 134 valence electrons. The molecule has 1 spiro atoms. The van der Waals surface area contributed by atoms with Crippen LogP contribution in [0, 0.1) is 0 Å². The van der Waals surface area contributed by atoms with Gasteiger partial charge in [-0.05, 0) is 6.42 Å². The summed E-state index contributed by atoms with van der Waals surface area (Å²) in [6.07, 6.45) is 0.575. The zero-order valence-electron chi connectivity index (χ0n) is 14.3. The van der Waals surface area contributed by atoms with Crippen LogP contribution in [-0.2, 0) is 14.4 Å². The number of nitrogens with one attached hydrogen (secondary N) is 1. The first kappa shape index (κ1) is 17.2. The van der Waals surface area contributed by atoms with Gasteiger partial charge in [-0.2, -0.15) is 0 Å². The van der Waals surface area contributed by atoms with E-state index in [4.69, 9.17) is 0 Å². The molecule has 0 saturated carbocycles. The summed E-state index contributed by atoms with van der Waals surface area (Å²) >= 11 is 0. The molecule has 2 N–H and O–H groups in total. The lowest BCUT2D eigenvalue weighted by atomic mass is 9.83. The largest absolute Gasteiger partial charge is 0.392 e. The van der Waals surface area contributed by atoms with Crippen LogP contribution in [0.15, 0.2) is 0 Å². The normalized spacial score (nSPS) is 28.5. The first-order chi connectivity index (χ1) is 11.3. The first-order valence-corrected chi connectivity index (χ1v) is 8.53. The number of likely N-dealkylation sites (tertiary alicyclic amines) is 1. The lowest BCUT2D eigenvalue weighted by Gasteiger charge is -2.60. The molecule has 3 aliphatic heterocycles.